The Morgan fingerprint density at radius 1 is 0.743 bits per heavy atom. The van der Waals surface area contributed by atoms with Crippen LogP contribution < -0.4 is 16.0 Å². The van der Waals surface area contributed by atoms with Crippen LogP contribution in [0.3, 0.4) is 0 Å². The summed E-state index contributed by atoms with van der Waals surface area (Å²) in [6, 6.07) is 16.8. The summed E-state index contributed by atoms with van der Waals surface area (Å²) in [5.74, 6) is -0.950. The van der Waals surface area contributed by atoms with Crippen molar-refractivity contribution in [1.82, 2.24) is 4.57 Å². The van der Waals surface area contributed by atoms with Crippen LogP contribution in [-0.4, -0.2) is 16.5 Å². The van der Waals surface area contributed by atoms with Gasteiger partial charge in [0.25, 0.3) is 5.91 Å². The third-order valence-corrected chi connectivity index (χ3v) is 4.94. The highest BCUT2D eigenvalue weighted by Crippen LogP contribution is 2.31. The zero-order valence-corrected chi connectivity index (χ0v) is 17.9. The average Bonchev–Trinajstić information content (AvgIpc) is 3.35. The maximum absolute atomic E-state index is 13.1. The maximum atomic E-state index is 13.1. The standard InChI is InChI=1S/C25H18F4N4O2/c26-18-7-9-19(10-8-18)30-23(34)16-6-11-22(33-12-1-2-13-33)21(14-16)32-24(35)31-20-5-3-4-17(15-20)25(27,28)29/h1-15H,(H,30,34)(H2,31,32,35). The quantitative estimate of drug-likeness (QED) is 0.283. The summed E-state index contributed by atoms with van der Waals surface area (Å²) in [5, 5.41) is 7.60. The van der Waals surface area contributed by atoms with E-state index in [0.717, 1.165) is 12.1 Å². The summed E-state index contributed by atoms with van der Waals surface area (Å²) in [5.41, 5.74) is 0.375. The number of carbonyl (C=O) groups excluding carboxylic acids is 2. The smallest absolute Gasteiger partial charge is 0.322 e. The molecule has 1 heterocycles. The predicted octanol–water partition coefficient (Wildman–Crippen LogP) is 6.53. The number of hydrogen-bond donors (Lipinski definition) is 3. The molecule has 10 heteroatoms. The molecule has 3 amide bonds. The van der Waals surface area contributed by atoms with Gasteiger partial charge < -0.3 is 20.5 Å². The summed E-state index contributed by atoms with van der Waals surface area (Å²) in [4.78, 5) is 25.3. The van der Waals surface area contributed by atoms with Crippen molar-refractivity contribution in [3.05, 3.63) is 108 Å². The molecule has 0 unspecified atom stereocenters. The van der Waals surface area contributed by atoms with E-state index < -0.39 is 29.5 Å². The van der Waals surface area contributed by atoms with Gasteiger partial charge in [-0.15, -0.1) is 0 Å². The zero-order valence-electron chi connectivity index (χ0n) is 17.9. The highest BCUT2D eigenvalue weighted by molar-refractivity contribution is 6.07. The SMILES string of the molecule is O=C(Nc1cccc(C(F)(F)F)c1)Nc1cc(C(=O)Nc2ccc(F)cc2)ccc1-n1cccc1. The Balaban J connectivity index is 1.57. The number of carbonyl (C=O) groups is 2. The number of halogens is 4. The van der Waals surface area contributed by atoms with Gasteiger partial charge in [-0.1, -0.05) is 6.07 Å². The molecule has 4 rings (SSSR count). The maximum Gasteiger partial charge on any atom is 0.416 e. The van der Waals surface area contributed by atoms with Gasteiger partial charge in [-0.25, -0.2) is 9.18 Å². The monoisotopic (exact) mass is 482 g/mol. The fraction of sp³-hybridized carbons (Fsp3) is 0.0400. The van der Waals surface area contributed by atoms with Gasteiger partial charge in [0.1, 0.15) is 5.82 Å². The van der Waals surface area contributed by atoms with Gasteiger partial charge >= 0.3 is 12.2 Å². The molecule has 0 aliphatic heterocycles. The Morgan fingerprint density at radius 2 is 1.46 bits per heavy atom. The van der Waals surface area contributed by atoms with Gasteiger partial charge in [-0.3, -0.25) is 4.79 Å². The number of urea groups is 1. The first kappa shape index (κ1) is 23.6. The molecule has 0 radical (unpaired) electrons. The molecule has 3 N–H and O–H groups in total. The van der Waals surface area contributed by atoms with Crippen molar-refractivity contribution in [2.45, 2.75) is 6.18 Å². The van der Waals surface area contributed by atoms with Gasteiger partial charge in [0.05, 0.1) is 16.9 Å². The number of rotatable bonds is 5. The van der Waals surface area contributed by atoms with Gasteiger partial charge in [-0.05, 0) is 72.8 Å². The van der Waals surface area contributed by atoms with E-state index in [-0.39, 0.29) is 16.9 Å². The molecule has 35 heavy (non-hydrogen) atoms. The number of anilines is 3. The largest absolute Gasteiger partial charge is 0.416 e. The number of benzene rings is 3. The van der Waals surface area contributed by atoms with E-state index in [1.807, 2.05) is 0 Å². The van der Waals surface area contributed by atoms with Crippen LogP contribution in [0.4, 0.5) is 39.4 Å². The van der Waals surface area contributed by atoms with Crippen LogP contribution in [0.2, 0.25) is 0 Å². The second kappa shape index (κ2) is 9.72. The molecule has 6 nitrogen and oxygen atoms in total. The molecular weight excluding hydrogens is 464 g/mol. The lowest BCUT2D eigenvalue weighted by Gasteiger charge is -2.15. The summed E-state index contributed by atoms with van der Waals surface area (Å²) < 4.78 is 53.7. The number of nitrogens with zero attached hydrogens (tertiary/aromatic N) is 1. The Bertz CT molecular complexity index is 1350. The molecule has 0 aliphatic rings. The van der Waals surface area contributed by atoms with Crippen LogP contribution in [-0.2, 0) is 6.18 Å². The highest BCUT2D eigenvalue weighted by atomic mass is 19.4. The molecule has 178 valence electrons. The zero-order chi connectivity index (χ0) is 25.0. The minimum absolute atomic E-state index is 0.0509. The van der Waals surface area contributed by atoms with Crippen LogP contribution in [0.25, 0.3) is 5.69 Å². The Labute approximate surface area is 197 Å². The summed E-state index contributed by atoms with van der Waals surface area (Å²) >= 11 is 0. The molecule has 0 saturated heterocycles. The van der Waals surface area contributed by atoms with Crippen molar-refractivity contribution in [2.75, 3.05) is 16.0 Å². The minimum Gasteiger partial charge on any atom is -0.322 e. The predicted molar refractivity (Wildman–Crippen MR) is 124 cm³/mol. The molecular formula is C25H18F4N4O2. The first-order valence-electron chi connectivity index (χ1n) is 10.3. The van der Waals surface area contributed by atoms with E-state index in [1.165, 1.54) is 42.5 Å². The van der Waals surface area contributed by atoms with Crippen LogP contribution in [0, 0.1) is 5.82 Å². The first-order valence-corrected chi connectivity index (χ1v) is 10.3. The third-order valence-electron chi connectivity index (χ3n) is 4.94. The van der Waals surface area contributed by atoms with Crippen LogP contribution in [0.15, 0.2) is 91.3 Å². The number of hydrogen-bond acceptors (Lipinski definition) is 2. The van der Waals surface area contributed by atoms with Gasteiger partial charge in [-0.2, -0.15) is 13.2 Å². The topological polar surface area (TPSA) is 75.2 Å². The van der Waals surface area contributed by atoms with Crippen LogP contribution in [0.1, 0.15) is 15.9 Å². The molecule has 0 saturated carbocycles. The van der Waals surface area contributed by atoms with Crippen molar-refractivity contribution in [2.24, 2.45) is 0 Å². The van der Waals surface area contributed by atoms with Gasteiger partial charge in [0.2, 0.25) is 0 Å². The van der Waals surface area contributed by atoms with E-state index in [4.69, 9.17) is 0 Å². The van der Waals surface area contributed by atoms with Crippen LogP contribution >= 0.6 is 0 Å². The molecule has 0 spiro atoms. The Morgan fingerprint density at radius 3 is 2.14 bits per heavy atom. The molecule has 3 aromatic carbocycles. The fourth-order valence-corrected chi connectivity index (χ4v) is 3.29. The van der Waals surface area contributed by atoms with Crippen molar-refractivity contribution >= 4 is 29.0 Å². The lowest BCUT2D eigenvalue weighted by Crippen LogP contribution is -2.21. The molecule has 0 aliphatic carbocycles. The highest BCUT2D eigenvalue weighted by Gasteiger charge is 2.30. The van der Waals surface area contributed by atoms with E-state index in [9.17, 15) is 27.2 Å². The van der Waals surface area contributed by atoms with E-state index in [2.05, 4.69) is 16.0 Å². The Hall–Kier alpha value is -4.60. The third kappa shape index (κ3) is 5.85. The molecule has 0 bridgehead atoms. The van der Waals surface area contributed by atoms with Gasteiger partial charge in [0.15, 0.2) is 0 Å². The lowest BCUT2D eigenvalue weighted by molar-refractivity contribution is -0.137. The van der Waals surface area contributed by atoms with Crippen LogP contribution in [0.5, 0.6) is 0 Å². The number of alkyl halides is 3. The van der Waals surface area contributed by atoms with E-state index in [1.54, 1.807) is 41.2 Å². The average molecular weight is 482 g/mol. The molecule has 1 aromatic heterocycles. The van der Waals surface area contributed by atoms with Crippen molar-refractivity contribution in [3.8, 4) is 5.69 Å². The minimum atomic E-state index is -4.55. The fourth-order valence-electron chi connectivity index (χ4n) is 3.29. The number of aromatic nitrogens is 1. The molecule has 0 fully saturated rings. The summed E-state index contributed by atoms with van der Waals surface area (Å²) in [7, 11) is 0. The summed E-state index contributed by atoms with van der Waals surface area (Å²) in [6.07, 6.45) is -1.10. The van der Waals surface area contributed by atoms with E-state index in [0.29, 0.717) is 11.4 Å². The van der Waals surface area contributed by atoms with Gasteiger partial charge in [0, 0.05) is 29.3 Å². The number of amides is 3. The Kier molecular flexibility index (Phi) is 6.54. The molecule has 0 atom stereocenters. The van der Waals surface area contributed by atoms with Crippen molar-refractivity contribution in [3.63, 3.8) is 0 Å². The van der Waals surface area contributed by atoms with E-state index >= 15 is 0 Å². The normalized spacial score (nSPS) is 11.1. The lowest BCUT2D eigenvalue weighted by atomic mass is 10.1. The van der Waals surface area contributed by atoms with Crippen molar-refractivity contribution < 1.29 is 27.2 Å². The summed E-state index contributed by atoms with van der Waals surface area (Å²) in [6.45, 7) is 0. The first-order chi connectivity index (χ1) is 16.7. The second-order valence-corrected chi connectivity index (χ2v) is 7.44. The second-order valence-electron chi connectivity index (χ2n) is 7.44. The van der Waals surface area contributed by atoms with Crippen molar-refractivity contribution in [1.29, 1.82) is 0 Å². The molecule has 4 aromatic rings. The number of nitrogens with one attached hydrogen (secondary N) is 3.